The molecule has 1 atom stereocenters. The van der Waals surface area contributed by atoms with E-state index in [1.807, 2.05) is 20.8 Å². The highest BCUT2D eigenvalue weighted by Crippen LogP contribution is 1.98. The Morgan fingerprint density at radius 2 is 1.77 bits per heavy atom. The summed E-state index contributed by atoms with van der Waals surface area (Å²) in [6.07, 6.45) is 0. The van der Waals surface area contributed by atoms with Gasteiger partial charge in [-0.1, -0.05) is 0 Å². The molecule has 0 aliphatic heterocycles. The minimum Gasteiger partial charge on any atom is -0.333 e. The largest absolute Gasteiger partial charge is 0.333 e. The van der Waals surface area contributed by atoms with Crippen molar-refractivity contribution in [2.24, 2.45) is 0 Å². The summed E-state index contributed by atoms with van der Waals surface area (Å²) < 4.78 is 0. The van der Waals surface area contributed by atoms with Crippen LogP contribution in [0.15, 0.2) is 0 Å². The van der Waals surface area contributed by atoms with Gasteiger partial charge in [-0.15, -0.1) is 11.6 Å². The fraction of sp³-hybridized carbons (Fsp3) is 0.750. The number of carbonyl (C=O) groups excluding carboxylic acids is 2. The van der Waals surface area contributed by atoms with Gasteiger partial charge in [0.05, 0.1) is 0 Å². The maximum absolute atomic E-state index is 11.1. The third kappa shape index (κ3) is 6.40. The van der Waals surface area contributed by atoms with Crippen LogP contribution in [0.25, 0.3) is 0 Å². The number of carbonyl (C=O) groups is 2. The van der Waals surface area contributed by atoms with Gasteiger partial charge in [-0.25, -0.2) is 4.79 Å². The first kappa shape index (κ1) is 12.2. The molecule has 4 nitrogen and oxygen atoms in total. The van der Waals surface area contributed by atoms with Crippen LogP contribution in [-0.2, 0) is 4.79 Å². The predicted octanol–water partition coefficient (Wildman–Crippen LogP) is 1.24. The van der Waals surface area contributed by atoms with Gasteiger partial charge in [0.1, 0.15) is 5.38 Å². The summed E-state index contributed by atoms with van der Waals surface area (Å²) in [5, 5.41) is 3.99. The minimum atomic E-state index is -0.703. The average Bonchev–Trinajstić information content (AvgIpc) is 1.81. The van der Waals surface area contributed by atoms with Crippen LogP contribution in [0.3, 0.4) is 0 Å². The normalized spacial score (nSPS) is 13.3. The molecule has 0 rings (SSSR count). The SMILES string of the molecule is CC(Cl)C(=O)NC(=O)NC(C)(C)C. The van der Waals surface area contributed by atoms with Crippen molar-refractivity contribution in [3.63, 3.8) is 0 Å². The van der Waals surface area contributed by atoms with Crippen LogP contribution < -0.4 is 10.6 Å². The Morgan fingerprint density at radius 1 is 1.31 bits per heavy atom. The van der Waals surface area contributed by atoms with Gasteiger partial charge in [-0.2, -0.15) is 0 Å². The van der Waals surface area contributed by atoms with Gasteiger partial charge in [0.15, 0.2) is 0 Å². The average molecular weight is 207 g/mol. The lowest BCUT2D eigenvalue weighted by Gasteiger charge is -2.20. The zero-order chi connectivity index (χ0) is 10.6. The Balaban J connectivity index is 3.96. The van der Waals surface area contributed by atoms with E-state index in [9.17, 15) is 9.59 Å². The third-order valence-corrected chi connectivity index (χ3v) is 1.28. The number of halogens is 1. The predicted molar refractivity (Wildman–Crippen MR) is 51.7 cm³/mol. The monoisotopic (exact) mass is 206 g/mol. The first-order chi connectivity index (χ1) is 5.72. The Morgan fingerprint density at radius 3 is 2.08 bits per heavy atom. The lowest BCUT2D eigenvalue weighted by atomic mass is 10.1. The van der Waals surface area contributed by atoms with Crippen LogP contribution in [0.5, 0.6) is 0 Å². The molecule has 0 spiro atoms. The molecule has 0 aromatic rings. The summed E-state index contributed by atoms with van der Waals surface area (Å²) in [6.45, 7) is 6.96. The Kier molecular flexibility index (Phi) is 4.20. The molecule has 0 heterocycles. The van der Waals surface area contributed by atoms with E-state index in [2.05, 4.69) is 10.6 Å². The zero-order valence-corrected chi connectivity index (χ0v) is 9.03. The molecule has 13 heavy (non-hydrogen) atoms. The number of hydrogen-bond acceptors (Lipinski definition) is 2. The molecule has 0 aromatic heterocycles. The number of nitrogens with one attached hydrogen (secondary N) is 2. The number of urea groups is 1. The van der Waals surface area contributed by atoms with Crippen molar-refractivity contribution >= 4 is 23.5 Å². The number of amides is 3. The lowest BCUT2D eigenvalue weighted by Crippen LogP contribution is -2.49. The van der Waals surface area contributed by atoms with Crippen molar-refractivity contribution in [3.05, 3.63) is 0 Å². The highest BCUT2D eigenvalue weighted by molar-refractivity contribution is 6.31. The van der Waals surface area contributed by atoms with Crippen molar-refractivity contribution in [3.8, 4) is 0 Å². The van der Waals surface area contributed by atoms with Crippen molar-refractivity contribution in [2.75, 3.05) is 0 Å². The number of alkyl halides is 1. The Hall–Kier alpha value is -0.770. The van der Waals surface area contributed by atoms with E-state index in [-0.39, 0.29) is 5.54 Å². The summed E-state index contributed by atoms with van der Waals surface area (Å²) >= 11 is 5.45. The second-order valence-corrected chi connectivity index (χ2v) is 4.46. The Labute approximate surface area is 83.0 Å². The fourth-order valence-electron chi connectivity index (χ4n) is 0.583. The highest BCUT2D eigenvalue weighted by atomic mass is 35.5. The van der Waals surface area contributed by atoms with E-state index in [0.717, 1.165) is 0 Å². The maximum atomic E-state index is 11.1. The van der Waals surface area contributed by atoms with Gasteiger partial charge in [0, 0.05) is 5.54 Å². The van der Waals surface area contributed by atoms with Gasteiger partial charge >= 0.3 is 6.03 Å². The molecule has 0 radical (unpaired) electrons. The molecule has 5 heteroatoms. The van der Waals surface area contributed by atoms with Crippen LogP contribution in [0.1, 0.15) is 27.7 Å². The first-order valence-corrected chi connectivity index (χ1v) is 4.43. The van der Waals surface area contributed by atoms with Gasteiger partial charge in [-0.05, 0) is 27.7 Å². The summed E-state index contributed by atoms with van der Waals surface area (Å²) in [6, 6.07) is -0.523. The van der Waals surface area contributed by atoms with Gasteiger partial charge in [0.25, 0.3) is 0 Å². The van der Waals surface area contributed by atoms with Gasteiger partial charge in [-0.3, -0.25) is 10.1 Å². The number of hydrogen-bond donors (Lipinski definition) is 2. The third-order valence-electron chi connectivity index (χ3n) is 1.09. The molecule has 2 N–H and O–H groups in total. The maximum Gasteiger partial charge on any atom is 0.321 e. The van der Waals surface area contributed by atoms with Crippen LogP contribution >= 0.6 is 11.6 Å². The second kappa shape index (κ2) is 4.46. The molecule has 0 saturated heterocycles. The second-order valence-electron chi connectivity index (χ2n) is 3.81. The molecule has 0 aliphatic rings. The number of rotatable bonds is 1. The van der Waals surface area contributed by atoms with Crippen molar-refractivity contribution < 1.29 is 9.59 Å². The highest BCUT2D eigenvalue weighted by Gasteiger charge is 2.17. The number of imide groups is 1. The van der Waals surface area contributed by atoms with E-state index in [4.69, 9.17) is 11.6 Å². The van der Waals surface area contributed by atoms with E-state index >= 15 is 0 Å². The minimum absolute atomic E-state index is 0.361. The summed E-state index contributed by atoms with van der Waals surface area (Å²) in [7, 11) is 0. The van der Waals surface area contributed by atoms with Gasteiger partial charge in [0.2, 0.25) is 5.91 Å². The smallest absolute Gasteiger partial charge is 0.321 e. The molecule has 76 valence electrons. The summed E-state index contributed by atoms with van der Waals surface area (Å²) in [4.78, 5) is 22.0. The summed E-state index contributed by atoms with van der Waals surface area (Å²) in [5.41, 5.74) is -0.361. The van der Waals surface area contributed by atoms with Crippen molar-refractivity contribution in [2.45, 2.75) is 38.6 Å². The van der Waals surface area contributed by atoms with Crippen molar-refractivity contribution in [1.29, 1.82) is 0 Å². The molecule has 1 unspecified atom stereocenters. The molecule has 0 bridgehead atoms. The van der Waals surface area contributed by atoms with E-state index < -0.39 is 17.3 Å². The molecule has 3 amide bonds. The van der Waals surface area contributed by atoms with E-state index in [0.29, 0.717) is 0 Å². The van der Waals surface area contributed by atoms with Crippen LogP contribution in [0.4, 0.5) is 4.79 Å². The van der Waals surface area contributed by atoms with Crippen molar-refractivity contribution in [1.82, 2.24) is 10.6 Å². The standard InChI is InChI=1S/C8H15ClN2O2/c1-5(9)6(12)10-7(13)11-8(2,3)4/h5H,1-4H3,(H2,10,11,12,13). The molecule has 0 fully saturated rings. The Bertz CT molecular complexity index is 209. The summed E-state index contributed by atoms with van der Waals surface area (Å²) in [5.74, 6) is -0.497. The molecule has 0 aromatic carbocycles. The van der Waals surface area contributed by atoms with Gasteiger partial charge < -0.3 is 5.32 Å². The van der Waals surface area contributed by atoms with Crippen LogP contribution in [0.2, 0.25) is 0 Å². The molecule has 0 saturated carbocycles. The molecule has 0 aliphatic carbocycles. The zero-order valence-electron chi connectivity index (χ0n) is 8.27. The fourth-order valence-corrected chi connectivity index (χ4v) is 0.638. The van der Waals surface area contributed by atoms with Crippen LogP contribution in [-0.4, -0.2) is 22.9 Å². The molecular formula is C8H15ClN2O2. The molecular weight excluding hydrogens is 192 g/mol. The quantitative estimate of drug-likeness (QED) is 0.635. The van der Waals surface area contributed by atoms with E-state index in [1.165, 1.54) is 6.92 Å². The van der Waals surface area contributed by atoms with Crippen LogP contribution in [0, 0.1) is 0 Å². The first-order valence-electron chi connectivity index (χ1n) is 3.99. The topological polar surface area (TPSA) is 58.2 Å². The lowest BCUT2D eigenvalue weighted by molar-refractivity contribution is -0.119. The van der Waals surface area contributed by atoms with E-state index in [1.54, 1.807) is 0 Å².